The van der Waals surface area contributed by atoms with E-state index in [1.807, 2.05) is 22.2 Å². The molecule has 98 valence electrons. The standard InChI is InChI=1S/C14H21N3S/c1-3-15-13(9-14-6-5-7-18-14)8-12-10-16-17(4-2)11-12/h5-7,10-11,13,15H,3-4,8-9H2,1-2H3. The summed E-state index contributed by atoms with van der Waals surface area (Å²) in [6, 6.07) is 4.84. The fourth-order valence-corrected chi connectivity index (χ4v) is 2.93. The van der Waals surface area contributed by atoms with E-state index in [-0.39, 0.29) is 0 Å². The molecule has 0 aliphatic heterocycles. The van der Waals surface area contributed by atoms with Gasteiger partial charge >= 0.3 is 0 Å². The number of nitrogens with one attached hydrogen (secondary N) is 1. The Kier molecular flexibility index (Phi) is 4.96. The zero-order valence-electron chi connectivity index (χ0n) is 11.1. The molecule has 1 N–H and O–H groups in total. The third-order valence-corrected chi connectivity index (χ3v) is 3.91. The lowest BCUT2D eigenvalue weighted by Crippen LogP contribution is -2.32. The predicted octanol–water partition coefficient (Wildman–Crippen LogP) is 2.73. The Labute approximate surface area is 113 Å². The van der Waals surface area contributed by atoms with Crippen molar-refractivity contribution in [1.29, 1.82) is 0 Å². The fourth-order valence-electron chi connectivity index (χ4n) is 2.15. The summed E-state index contributed by atoms with van der Waals surface area (Å²) in [6.07, 6.45) is 6.29. The Bertz CT molecular complexity index is 447. The van der Waals surface area contributed by atoms with Gasteiger partial charge in [-0.2, -0.15) is 5.10 Å². The summed E-state index contributed by atoms with van der Waals surface area (Å²) >= 11 is 1.84. The van der Waals surface area contributed by atoms with E-state index >= 15 is 0 Å². The average molecular weight is 263 g/mol. The van der Waals surface area contributed by atoms with Gasteiger partial charge in [-0.3, -0.25) is 4.68 Å². The van der Waals surface area contributed by atoms with Gasteiger partial charge in [0.05, 0.1) is 6.20 Å². The molecule has 2 aromatic heterocycles. The van der Waals surface area contributed by atoms with E-state index in [9.17, 15) is 0 Å². The van der Waals surface area contributed by atoms with E-state index in [4.69, 9.17) is 0 Å². The first-order valence-electron chi connectivity index (χ1n) is 6.59. The zero-order valence-corrected chi connectivity index (χ0v) is 11.9. The number of aromatic nitrogens is 2. The molecule has 0 saturated carbocycles. The lowest BCUT2D eigenvalue weighted by molar-refractivity contribution is 0.524. The molecule has 0 aromatic carbocycles. The fraction of sp³-hybridized carbons (Fsp3) is 0.500. The maximum atomic E-state index is 4.34. The first-order valence-corrected chi connectivity index (χ1v) is 7.46. The summed E-state index contributed by atoms with van der Waals surface area (Å²) in [7, 11) is 0. The summed E-state index contributed by atoms with van der Waals surface area (Å²) in [5, 5.41) is 10.0. The van der Waals surface area contributed by atoms with Gasteiger partial charge < -0.3 is 5.32 Å². The molecule has 0 bridgehead atoms. The summed E-state index contributed by atoms with van der Waals surface area (Å²) in [5.74, 6) is 0. The second-order valence-corrected chi connectivity index (χ2v) is 5.48. The Hall–Kier alpha value is -1.13. The third-order valence-electron chi connectivity index (χ3n) is 3.01. The largest absolute Gasteiger partial charge is 0.314 e. The van der Waals surface area contributed by atoms with E-state index in [0.717, 1.165) is 25.9 Å². The molecule has 1 atom stereocenters. The molecule has 0 aliphatic rings. The highest BCUT2D eigenvalue weighted by atomic mass is 32.1. The van der Waals surface area contributed by atoms with Crippen LogP contribution in [0.3, 0.4) is 0 Å². The van der Waals surface area contributed by atoms with Crippen LogP contribution >= 0.6 is 11.3 Å². The maximum absolute atomic E-state index is 4.34. The SMILES string of the molecule is CCNC(Cc1cnn(CC)c1)Cc1cccs1. The molecular weight excluding hydrogens is 242 g/mol. The van der Waals surface area contributed by atoms with Gasteiger partial charge in [-0.1, -0.05) is 13.0 Å². The Balaban J connectivity index is 1.97. The molecule has 0 saturated heterocycles. The van der Waals surface area contributed by atoms with Crippen LogP contribution in [0.1, 0.15) is 24.3 Å². The quantitative estimate of drug-likeness (QED) is 0.832. The molecular formula is C14H21N3S. The number of likely N-dealkylation sites (N-methyl/N-ethyl adjacent to an activating group) is 1. The van der Waals surface area contributed by atoms with Crippen molar-refractivity contribution in [1.82, 2.24) is 15.1 Å². The van der Waals surface area contributed by atoms with Crippen LogP contribution in [-0.4, -0.2) is 22.4 Å². The van der Waals surface area contributed by atoms with Gasteiger partial charge in [0, 0.05) is 23.7 Å². The second kappa shape index (κ2) is 6.71. The van der Waals surface area contributed by atoms with Gasteiger partial charge in [0.1, 0.15) is 0 Å². The lowest BCUT2D eigenvalue weighted by atomic mass is 10.1. The second-order valence-electron chi connectivity index (χ2n) is 4.45. The zero-order chi connectivity index (χ0) is 12.8. The molecule has 0 amide bonds. The van der Waals surface area contributed by atoms with Crippen molar-refractivity contribution in [2.45, 2.75) is 39.3 Å². The molecule has 0 spiro atoms. The van der Waals surface area contributed by atoms with Gasteiger partial charge in [0.25, 0.3) is 0 Å². The third kappa shape index (κ3) is 3.68. The van der Waals surface area contributed by atoms with Crippen molar-refractivity contribution in [2.75, 3.05) is 6.54 Å². The van der Waals surface area contributed by atoms with Crippen molar-refractivity contribution in [3.8, 4) is 0 Å². The van der Waals surface area contributed by atoms with E-state index < -0.39 is 0 Å². The number of nitrogens with zero attached hydrogens (tertiary/aromatic N) is 2. The molecule has 0 fully saturated rings. The van der Waals surface area contributed by atoms with E-state index in [1.165, 1.54) is 10.4 Å². The first-order chi connectivity index (χ1) is 8.81. The van der Waals surface area contributed by atoms with Crippen LogP contribution in [0, 0.1) is 0 Å². The molecule has 18 heavy (non-hydrogen) atoms. The normalized spacial score (nSPS) is 12.8. The highest BCUT2D eigenvalue weighted by molar-refractivity contribution is 7.09. The van der Waals surface area contributed by atoms with Gasteiger partial charge in [0.15, 0.2) is 0 Å². The first kappa shape index (κ1) is 13.3. The maximum Gasteiger partial charge on any atom is 0.0522 e. The smallest absolute Gasteiger partial charge is 0.0522 e. The summed E-state index contributed by atoms with van der Waals surface area (Å²) in [4.78, 5) is 1.45. The highest BCUT2D eigenvalue weighted by Crippen LogP contribution is 2.13. The topological polar surface area (TPSA) is 29.9 Å². The molecule has 2 aromatic rings. The van der Waals surface area contributed by atoms with Crippen LogP contribution in [0.4, 0.5) is 0 Å². The summed E-state index contributed by atoms with van der Waals surface area (Å²) in [5.41, 5.74) is 1.32. The molecule has 4 heteroatoms. The lowest BCUT2D eigenvalue weighted by Gasteiger charge is -2.16. The minimum absolute atomic E-state index is 0.503. The van der Waals surface area contributed by atoms with Crippen molar-refractivity contribution in [3.63, 3.8) is 0 Å². The molecule has 0 radical (unpaired) electrons. The van der Waals surface area contributed by atoms with Crippen molar-refractivity contribution in [2.24, 2.45) is 0 Å². The van der Waals surface area contributed by atoms with Crippen LogP contribution in [-0.2, 0) is 19.4 Å². The van der Waals surface area contributed by atoms with Crippen LogP contribution < -0.4 is 5.32 Å². The van der Waals surface area contributed by atoms with Gasteiger partial charge in [-0.05, 0) is 43.3 Å². The Morgan fingerprint density at radius 1 is 1.39 bits per heavy atom. The van der Waals surface area contributed by atoms with Gasteiger partial charge in [-0.25, -0.2) is 0 Å². The van der Waals surface area contributed by atoms with E-state index in [2.05, 4.69) is 48.0 Å². The number of rotatable bonds is 7. The van der Waals surface area contributed by atoms with Crippen LogP contribution in [0.2, 0.25) is 0 Å². The highest BCUT2D eigenvalue weighted by Gasteiger charge is 2.11. The summed E-state index contributed by atoms with van der Waals surface area (Å²) in [6.45, 7) is 6.23. The monoisotopic (exact) mass is 263 g/mol. The molecule has 2 rings (SSSR count). The minimum Gasteiger partial charge on any atom is -0.314 e. The van der Waals surface area contributed by atoms with Crippen LogP contribution in [0.5, 0.6) is 0 Å². The predicted molar refractivity (Wildman–Crippen MR) is 77.1 cm³/mol. The van der Waals surface area contributed by atoms with E-state index in [1.54, 1.807) is 0 Å². The van der Waals surface area contributed by atoms with Crippen molar-refractivity contribution in [3.05, 3.63) is 40.3 Å². The summed E-state index contributed by atoms with van der Waals surface area (Å²) < 4.78 is 1.99. The van der Waals surface area contributed by atoms with Crippen LogP contribution in [0.15, 0.2) is 29.9 Å². The molecule has 2 heterocycles. The number of hydrogen-bond acceptors (Lipinski definition) is 3. The minimum atomic E-state index is 0.503. The number of thiophene rings is 1. The molecule has 0 aliphatic carbocycles. The number of hydrogen-bond donors (Lipinski definition) is 1. The van der Waals surface area contributed by atoms with Gasteiger partial charge in [0.2, 0.25) is 0 Å². The Morgan fingerprint density at radius 3 is 2.89 bits per heavy atom. The van der Waals surface area contributed by atoms with E-state index in [0.29, 0.717) is 6.04 Å². The Morgan fingerprint density at radius 2 is 2.28 bits per heavy atom. The number of aryl methyl sites for hydroxylation is 1. The average Bonchev–Trinajstić information content (AvgIpc) is 3.00. The van der Waals surface area contributed by atoms with Crippen molar-refractivity contribution < 1.29 is 0 Å². The molecule has 3 nitrogen and oxygen atoms in total. The van der Waals surface area contributed by atoms with Crippen LogP contribution in [0.25, 0.3) is 0 Å². The van der Waals surface area contributed by atoms with Crippen molar-refractivity contribution >= 4 is 11.3 Å². The van der Waals surface area contributed by atoms with Gasteiger partial charge in [-0.15, -0.1) is 11.3 Å². The molecule has 1 unspecified atom stereocenters.